The summed E-state index contributed by atoms with van der Waals surface area (Å²) < 4.78 is 58.3. The smallest absolute Gasteiger partial charge is 0.311 e. The number of amides is 1. The summed E-state index contributed by atoms with van der Waals surface area (Å²) in [6.07, 6.45) is 14.5. The van der Waals surface area contributed by atoms with Gasteiger partial charge >= 0.3 is 17.9 Å². The van der Waals surface area contributed by atoms with E-state index < -0.39 is 12.4 Å². The molecule has 0 aliphatic heterocycles. The van der Waals surface area contributed by atoms with Crippen LogP contribution in [0, 0.1) is 68.5 Å². The molecule has 0 heterocycles. The Balaban J connectivity index is -0.000000145. The van der Waals surface area contributed by atoms with E-state index in [2.05, 4.69) is 162 Å². The third-order valence-electron chi connectivity index (χ3n) is 15.5. The number of aliphatic hydroxyl groups is 1. The first kappa shape index (κ1) is 141. The van der Waals surface area contributed by atoms with Crippen LogP contribution in [0.25, 0.3) is 0 Å². The molecule has 0 aromatic rings. The van der Waals surface area contributed by atoms with Gasteiger partial charge in [0.05, 0.1) is 84.1 Å². The summed E-state index contributed by atoms with van der Waals surface area (Å²) in [6.45, 7) is 113. The third-order valence-corrected chi connectivity index (χ3v) is 16.6. The monoisotopic (exact) mass is 1790 g/mol. The molecule has 123 heavy (non-hydrogen) atoms. The predicted octanol–water partition coefficient (Wildman–Crippen LogP) is 28.3. The van der Waals surface area contributed by atoms with Gasteiger partial charge in [0.2, 0.25) is 12.2 Å². The van der Waals surface area contributed by atoms with E-state index in [0.29, 0.717) is 73.6 Å². The molecule has 0 aliphatic rings. The summed E-state index contributed by atoms with van der Waals surface area (Å²) in [5.74, 6) is 4.73. The summed E-state index contributed by atoms with van der Waals surface area (Å²) in [7, 11) is 0. The largest absolute Gasteiger partial charge is 0.463 e. The molecular formula is C104H219NO17S. The predicted molar refractivity (Wildman–Crippen MR) is 532 cm³/mol. The quantitative estimate of drug-likeness (QED) is 0.0331. The van der Waals surface area contributed by atoms with Crippen LogP contribution in [-0.4, -0.2) is 170 Å². The van der Waals surface area contributed by atoms with Crippen molar-refractivity contribution in [2.75, 3.05) is 77.5 Å². The number of esters is 3. The number of carbonyl (C=O) groups is 5. The lowest BCUT2D eigenvalue weighted by atomic mass is 9.90. The molecule has 0 unspecified atom stereocenters. The average molecular weight is 1790 g/mol. The number of nitrogens with one attached hydrogen (secondary N) is 1. The van der Waals surface area contributed by atoms with Crippen molar-refractivity contribution in [1.29, 1.82) is 0 Å². The molecule has 0 rings (SSSR count). The fourth-order valence-corrected chi connectivity index (χ4v) is 9.23. The van der Waals surface area contributed by atoms with Crippen molar-refractivity contribution in [3.8, 4) is 0 Å². The second-order valence-corrected chi connectivity index (χ2v) is 48.7. The number of Topliss-reactive ketones (excluding diaryl/α,β-unsaturated/α-hetero) is 1. The lowest BCUT2D eigenvalue weighted by Gasteiger charge is -2.25. The Hall–Kier alpha value is -2.46. The minimum atomic E-state index is -0.806. The molecule has 0 saturated carbocycles. The second-order valence-electron chi connectivity index (χ2n) is 47.5. The van der Waals surface area contributed by atoms with E-state index in [1.165, 1.54) is 82.6 Å². The molecule has 0 bridgehead atoms. The SMILES string of the molecule is CC(C)(C)CCCOCCCC(C)(C)C.CC(C)(C)CCCSCCCC(C)(C)C.CC(C)(C)OCC(O)COC(C)(C)C.CC(C)(C)OCCCNC(=O)C(C)(C)C.CC(C)(C)OCCOC(C)(C)C.CC(C)CC(=O)OC(C)C.CC(C)CCC(C)C.CC(C)CCOC(C)(C)C.CC(C)OCC(=O)C(C)C.CC(OC(=O)C(C)C)OC(=O)C(C)C. The Labute approximate surface area is 771 Å². The van der Waals surface area contributed by atoms with Gasteiger partial charge in [-0.15, -0.1) is 0 Å². The highest BCUT2D eigenvalue weighted by atomic mass is 32.2. The summed E-state index contributed by atoms with van der Waals surface area (Å²) in [5, 5.41) is 12.4. The maximum absolute atomic E-state index is 11.5. The number of hydrogen-bond acceptors (Lipinski definition) is 18. The molecule has 748 valence electrons. The molecule has 18 nitrogen and oxygen atoms in total. The molecule has 0 radical (unpaired) electrons. The molecule has 0 spiro atoms. The summed E-state index contributed by atoms with van der Waals surface area (Å²) in [5.41, 5.74) is 1.07. The van der Waals surface area contributed by atoms with Gasteiger partial charge in [0.1, 0.15) is 12.7 Å². The van der Waals surface area contributed by atoms with Crippen LogP contribution in [0.3, 0.4) is 0 Å². The number of ether oxygens (including phenoxy) is 11. The van der Waals surface area contributed by atoms with Crippen LogP contribution < -0.4 is 5.32 Å². The van der Waals surface area contributed by atoms with Gasteiger partial charge in [-0.2, -0.15) is 11.8 Å². The van der Waals surface area contributed by atoms with E-state index in [4.69, 9.17) is 52.1 Å². The number of hydrogen-bond donors (Lipinski definition) is 2. The van der Waals surface area contributed by atoms with Gasteiger partial charge in [-0.25, -0.2) is 0 Å². The summed E-state index contributed by atoms with van der Waals surface area (Å²) in [4.78, 5) is 55.4. The van der Waals surface area contributed by atoms with E-state index in [9.17, 15) is 29.1 Å². The van der Waals surface area contributed by atoms with Crippen LogP contribution in [0.15, 0.2) is 0 Å². The van der Waals surface area contributed by atoms with Gasteiger partial charge in [0.15, 0.2) is 5.78 Å². The van der Waals surface area contributed by atoms with Gasteiger partial charge < -0.3 is 62.5 Å². The zero-order chi connectivity index (χ0) is 99.6. The van der Waals surface area contributed by atoms with Gasteiger partial charge in [-0.05, 0) is 273 Å². The molecule has 0 aromatic carbocycles. The van der Waals surface area contributed by atoms with Crippen LogP contribution >= 0.6 is 11.8 Å². The van der Waals surface area contributed by atoms with E-state index >= 15 is 0 Å². The topological polar surface area (TPSA) is 219 Å². The van der Waals surface area contributed by atoms with Crippen molar-refractivity contribution in [2.45, 2.75) is 502 Å². The van der Waals surface area contributed by atoms with E-state index in [-0.39, 0.29) is 105 Å². The van der Waals surface area contributed by atoms with Crippen molar-refractivity contribution in [1.82, 2.24) is 5.32 Å². The molecule has 0 saturated heterocycles. The molecule has 0 fully saturated rings. The Bertz CT molecular complexity index is 2260. The Morgan fingerprint density at radius 1 is 0.333 bits per heavy atom. The fraction of sp³-hybridized carbons (Fsp3) is 0.952. The van der Waals surface area contributed by atoms with Crippen molar-refractivity contribution in [2.24, 2.45) is 68.5 Å². The first-order valence-electron chi connectivity index (χ1n) is 47.5. The molecule has 0 aromatic heterocycles. The van der Waals surface area contributed by atoms with E-state index in [1.54, 1.807) is 27.7 Å². The van der Waals surface area contributed by atoms with E-state index in [0.717, 1.165) is 50.4 Å². The maximum atomic E-state index is 11.5. The van der Waals surface area contributed by atoms with Crippen LogP contribution in [0.4, 0.5) is 0 Å². The van der Waals surface area contributed by atoms with Gasteiger partial charge in [-0.3, -0.25) is 24.0 Å². The Kier molecular flexibility index (Phi) is 86.1. The highest BCUT2D eigenvalue weighted by Crippen LogP contribution is 2.26. The molecule has 0 atom stereocenters. The number of ketones is 1. The van der Waals surface area contributed by atoms with Crippen LogP contribution in [0.5, 0.6) is 0 Å². The van der Waals surface area contributed by atoms with Crippen LogP contribution in [0.1, 0.15) is 444 Å². The zero-order valence-corrected chi connectivity index (χ0v) is 92.7. The first-order chi connectivity index (χ1) is 54.8. The van der Waals surface area contributed by atoms with Crippen LogP contribution in [-0.2, 0) is 76.1 Å². The third kappa shape index (κ3) is 157. The van der Waals surface area contributed by atoms with Crippen LogP contribution in [0.2, 0.25) is 0 Å². The highest BCUT2D eigenvalue weighted by molar-refractivity contribution is 7.99. The molecule has 2 N–H and O–H groups in total. The number of rotatable bonds is 40. The maximum Gasteiger partial charge on any atom is 0.311 e. The first-order valence-corrected chi connectivity index (χ1v) is 48.6. The zero-order valence-electron chi connectivity index (χ0n) is 91.9. The average Bonchev–Trinajstić information content (AvgIpc) is 0.913. The normalized spacial score (nSPS) is 12.4. The Morgan fingerprint density at radius 2 is 0.642 bits per heavy atom. The molecule has 0 aliphatic carbocycles. The second kappa shape index (κ2) is 75.1. The lowest BCUT2D eigenvalue weighted by molar-refractivity contribution is -0.189. The van der Waals surface area contributed by atoms with Gasteiger partial charge in [0, 0.05) is 57.6 Å². The van der Waals surface area contributed by atoms with Gasteiger partial charge in [-0.1, -0.05) is 214 Å². The standard InChI is InChI=1S/C14H30O.C14H30S.C12H25NO2.C11H24O3.C10H18O4.C10H22O2.C9H20O.2C8H16O2.C8H18/c2*1-13(2,3)9-7-11-15-12-8-10-14(4,5)6;1-11(2,3)10(14)13-8-7-9-15-12(4,5)6;1-10(2,3)13-7-9(12)8-14-11(4,5)6;1-6(2)9(11)13-8(5)14-10(12)7(3)4;1-9(2,3)11-7-8-12-10(4,5)6;1-8(2)6-7-10-9(3,4)5;1-6(2)8(9)5-10-7(3)4;1-6(2)5-8(9)10-7(3)4;1-7(2)5-6-8(3)4/h2*7-12H2,1-6H3;7-9H2,1-6H3,(H,13,14);9,12H,7-8H2,1-6H3;6-8H,1-5H3;7-8H2,1-6H3;8H,6-7H2,1-5H3;2*6-7H,5H2,1-4H3;7-8H,5-6H2,1-4H3. The minimum Gasteiger partial charge on any atom is -0.463 e. The number of thioether (sulfide) groups is 1. The van der Waals surface area contributed by atoms with E-state index in [1.807, 2.05) is 180 Å². The number of aliphatic hydroxyl groups excluding tert-OH is 1. The Morgan fingerprint density at radius 3 is 0.902 bits per heavy atom. The van der Waals surface area contributed by atoms with Crippen molar-refractivity contribution in [3.05, 3.63) is 0 Å². The van der Waals surface area contributed by atoms with Crippen molar-refractivity contribution >= 4 is 41.4 Å². The fourth-order valence-electron chi connectivity index (χ4n) is 8.33. The number of carbonyl (C=O) groups excluding carboxylic acids is 5. The summed E-state index contributed by atoms with van der Waals surface area (Å²) >= 11 is 2.13. The minimum absolute atomic E-state index is 0.0197. The molecule has 1 amide bonds. The van der Waals surface area contributed by atoms with Crippen molar-refractivity contribution in [3.63, 3.8) is 0 Å². The van der Waals surface area contributed by atoms with Gasteiger partial charge in [0.25, 0.3) is 0 Å². The summed E-state index contributed by atoms with van der Waals surface area (Å²) in [6, 6.07) is 0. The highest BCUT2D eigenvalue weighted by Gasteiger charge is 2.23. The molecule has 19 heteroatoms. The molecular weight excluding hydrogens is 1570 g/mol. The van der Waals surface area contributed by atoms with Crippen molar-refractivity contribution < 1.29 is 81.2 Å². The lowest BCUT2D eigenvalue weighted by Crippen LogP contribution is -2.35.